The third-order valence-corrected chi connectivity index (χ3v) is 2.12. The molecular weight excluding hydrogens is 203 g/mol. The molecule has 0 bridgehead atoms. The molecule has 0 saturated heterocycles. The van der Waals surface area contributed by atoms with Gasteiger partial charge >= 0.3 is 0 Å². The first-order valence-corrected chi connectivity index (χ1v) is 4.96. The summed E-state index contributed by atoms with van der Waals surface area (Å²) in [5.74, 6) is 0.412. The maximum Gasteiger partial charge on any atom is 0.151 e. The molecule has 0 amide bonds. The number of rotatable bonds is 2. The van der Waals surface area contributed by atoms with Gasteiger partial charge in [-0.15, -0.1) is 0 Å². The van der Waals surface area contributed by atoms with Crippen molar-refractivity contribution >= 4 is 12.0 Å². The van der Waals surface area contributed by atoms with Gasteiger partial charge < -0.3 is 0 Å². The van der Waals surface area contributed by atoms with E-state index in [2.05, 4.69) is 9.98 Å². The van der Waals surface area contributed by atoms with E-state index in [4.69, 9.17) is 0 Å². The van der Waals surface area contributed by atoms with Crippen LogP contribution in [-0.2, 0) is 0 Å². The minimum absolute atomic E-state index is 0.245. The Morgan fingerprint density at radius 2 is 1.94 bits per heavy atom. The fourth-order valence-corrected chi connectivity index (χ4v) is 1.28. The number of aromatic nitrogens is 1. The Morgan fingerprint density at radius 1 is 1.19 bits per heavy atom. The topological polar surface area (TPSA) is 25.2 Å². The van der Waals surface area contributed by atoms with Crippen molar-refractivity contribution in [3.05, 3.63) is 59.5 Å². The molecule has 3 heteroatoms. The van der Waals surface area contributed by atoms with Gasteiger partial charge in [0.1, 0.15) is 5.82 Å². The predicted molar refractivity (Wildman–Crippen MR) is 62.6 cm³/mol. The zero-order valence-electron chi connectivity index (χ0n) is 8.89. The zero-order chi connectivity index (χ0) is 11.4. The molecule has 2 aromatic rings. The van der Waals surface area contributed by atoms with Gasteiger partial charge in [-0.3, -0.25) is 0 Å². The Balaban J connectivity index is 2.18. The summed E-state index contributed by atoms with van der Waals surface area (Å²) in [7, 11) is 0. The summed E-state index contributed by atoms with van der Waals surface area (Å²) in [6.07, 6.45) is 3.38. The van der Waals surface area contributed by atoms with Crippen molar-refractivity contribution < 1.29 is 4.39 Å². The van der Waals surface area contributed by atoms with Crippen molar-refractivity contribution in [2.45, 2.75) is 6.92 Å². The van der Waals surface area contributed by atoms with Crippen LogP contribution in [0, 0.1) is 12.7 Å². The number of halogens is 1. The second kappa shape index (κ2) is 4.66. The second-order valence-corrected chi connectivity index (χ2v) is 3.50. The third kappa shape index (κ3) is 2.73. The minimum atomic E-state index is -0.245. The van der Waals surface area contributed by atoms with E-state index < -0.39 is 0 Å². The van der Waals surface area contributed by atoms with Gasteiger partial charge in [-0.25, -0.2) is 14.4 Å². The molecule has 0 unspecified atom stereocenters. The molecule has 0 fully saturated rings. The molecule has 0 aliphatic heterocycles. The van der Waals surface area contributed by atoms with E-state index in [9.17, 15) is 4.39 Å². The summed E-state index contributed by atoms with van der Waals surface area (Å²) < 4.78 is 12.6. The summed E-state index contributed by atoms with van der Waals surface area (Å²) in [4.78, 5) is 8.31. The highest BCUT2D eigenvalue weighted by Crippen LogP contribution is 2.09. The number of aliphatic imine (C=N–C) groups is 1. The Kier molecular flexibility index (Phi) is 3.05. The van der Waals surface area contributed by atoms with E-state index in [1.165, 1.54) is 12.1 Å². The summed E-state index contributed by atoms with van der Waals surface area (Å²) in [6, 6.07) is 9.97. The van der Waals surface area contributed by atoms with Gasteiger partial charge in [0.05, 0.1) is 0 Å². The standard InChI is InChI=1S/C13H11FN2/c1-10-6-7-15-13(8-10)16-9-11-2-4-12(14)5-3-11/h2-9H,1H3. The molecule has 0 aliphatic rings. The molecule has 0 spiro atoms. The van der Waals surface area contributed by atoms with Crippen LogP contribution in [0.25, 0.3) is 0 Å². The highest BCUT2D eigenvalue weighted by atomic mass is 19.1. The SMILES string of the molecule is Cc1ccnc(N=Cc2ccc(F)cc2)c1. The average Bonchev–Trinajstić information content (AvgIpc) is 2.28. The van der Waals surface area contributed by atoms with Crippen molar-refractivity contribution in [2.24, 2.45) is 4.99 Å². The number of hydrogen-bond donors (Lipinski definition) is 0. The summed E-state index contributed by atoms with van der Waals surface area (Å²) in [5, 5.41) is 0. The fraction of sp³-hybridized carbons (Fsp3) is 0.0769. The Hall–Kier alpha value is -2.03. The summed E-state index contributed by atoms with van der Waals surface area (Å²) in [5.41, 5.74) is 1.96. The lowest BCUT2D eigenvalue weighted by molar-refractivity contribution is 0.628. The molecule has 0 saturated carbocycles. The van der Waals surface area contributed by atoms with Gasteiger partial charge in [0.25, 0.3) is 0 Å². The van der Waals surface area contributed by atoms with Crippen molar-refractivity contribution in [1.29, 1.82) is 0 Å². The van der Waals surface area contributed by atoms with Crippen LogP contribution >= 0.6 is 0 Å². The molecule has 0 aliphatic carbocycles. The van der Waals surface area contributed by atoms with E-state index in [1.54, 1.807) is 24.5 Å². The maximum absolute atomic E-state index is 12.6. The third-order valence-electron chi connectivity index (χ3n) is 2.12. The first kappa shape index (κ1) is 10.5. The monoisotopic (exact) mass is 214 g/mol. The Labute approximate surface area is 93.5 Å². The van der Waals surface area contributed by atoms with E-state index in [-0.39, 0.29) is 5.82 Å². The molecule has 0 atom stereocenters. The molecule has 1 heterocycles. The molecule has 80 valence electrons. The van der Waals surface area contributed by atoms with E-state index >= 15 is 0 Å². The lowest BCUT2D eigenvalue weighted by Gasteiger charge is -1.95. The van der Waals surface area contributed by atoms with Crippen LogP contribution in [0.4, 0.5) is 10.2 Å². The van der Waals surface area contributed by atoms with Gasteiger partial charge in [-0.1, -0.05) is 12.1 Å². The lowest BCUT2D eigenvalue weighted by Crippen LogP contribution is -1.82. The van der Waals surface area contributed by atoms with Gasteiger partial charge in [-0.2, -0.15) is 0 Å². The van der Waals surface area contributed by atoms with Crippen LogP contribution in [0.3, 0.4) is 0 Å². The quantitative estimate of drug-likeness (QED) is 0.704. The van der Waals surface area contributed by atoms with Crippen LogP contribution < -0.4 is 0 Å². The molecule has 16 heavy (non-hydrogen) atoms. The van der Waals surface area contributed by atoms with Crippen LogP contribution in [0.1, 0.15) is 11.1 Å². The zero-order valence-corrected chi connectivity index (χ0v) is 8.89. The normalized spacial score (nSPS) is 10.9. The molecule has 1 aromatic heterocycles. The average molecular weight is 214 g/mol. The van der Waals surface area contributed by atoms with Crippen LogP contribution in [0.5, 0.6) is 0 Å². The van der Waals surface area contributed by atoms with Crippen molar-refractivity contribution in [2.75, 3.05) is 0 Å². The first-order chi connectivity index (χ1) is 7.74. The molecule has 2 rings (SSSR count). The predicted octanol–water partition coefficient (Wildman–Crippen LogP) is 3.28. The smallest absolute Gasteiger partial charge is 0.151 e. The molecule has 2 nitrogen and oxygen atoms in total. The van der Waals surface area contributed by atoms with E-state index in [0.29, 0.717) is 5.82 Å². The number of pyridine rings is 1. The first-order valence-electron chi connectivity index (χ1n) is 4.96. The van der Waals surface area contributed by atoms with Gasteiger partial charge in [0.15, 0.2) is 5.82 Å². The van der Waals surface area contributed by atoms with Crippen LogP contribution in [0.15, 0.2) is 47.6 Å². The van der Waals surface area contributed by atoms with Gasteiger partial charge in [0.2, 0.25) is 0 Å². The molecule has 1 aromatic carbocycles. The van der Waals surface area contributed by atoms with Crippen molar-refractivity contribution in [3.63, 3.8) is 0 Å². The van der Waals surface area contributed by atoms with E-state index in [0.717, 1.165) is 11.1 Å². The number of aryl methyl sites for hydroxylation is 1. The van der Waals surface area contributed by atoms with Gasteiger partial charge in [0, 0.05) is 12.4 Å². The highest BCUT2D eigenvalue weighted by Gasteiger charge is 1.92. The van der Waals surface area contributed by atoms with Crippen LogP contribution in [0.2, 0.25) is 0 Å². The largest absolute Gasteiger partial charge is 0.237 e. The molecule has 0 radical (unpaired) electrons. The van der Waals surface area contributed by atoms with E-state index in [1.807, 2.05) is 19.1 Å². The number of benzene rings is 1. The molecular formula is C13H11FN2. The molecule has 0 N–H and O–H groups in total. The van der Waals surface area contributed by atoms with Crippen LogP contribution in [-0.4, -0.2) is 11.2 Å². The lowest BCUT2D eigenvalue weighted by atomic mass is 10.2. The van der Waals surface area contributed by atoms with Crippen molar-refractivity contribution in [1.82, 2.24) is 4.98 Å². The fourth-order valence-electron chi connectivity index (χ4n) is 1.28. The minimum Gasteiger partial charge on any atom is -0.237 e. The van der Waals surface area contributed by atoms with Crippen molar-refractivity contribution in [3.8, 4) is 0 Å². The second-order valence-electron chi connectivity index (χ2n) is 3.50. The number of nitrogens with zero attached hydrogens (tertiary/aromatic N) is 2. The number of hydrogen-bond acceptors (Lipinski definition) is 2. The maximum atomic E-state index is 12.6. The highest BCUT2D eigenvalue weighted by molar-refractivity contribution is 5.81. The van der Waals surface area contributed by atoms with Gasteiger partial charge in [-0.05, 0) is 42.3 Å². The Morgan fingerprint density at radius 3 is 2.62 bits per heavy atom. The Bertz CT molecular complexity index is 504. The summed E-state index contributed by atoms with van der Waals surface area (Å²) >= 11 is 0. The summed E-state index contributed by atoms with van der Waals surface area (Å²) in [6.45, 7) is 1.98.